The first-order valence-corrected chi connectivity index (χ1v) is 7.35. The Morgan fingerprint density at radius 1 is 1.41 bits per heavy atom. The summed E-state index contributed by atoms with van der Waals surface area (Å²) >= 11 is 0. The number of aromatic nitrogens is 2. The molecular weight excluding hydrogens is 288 g/mol. The van der Waals surface area contributed by atoms with Gasteiger partial charge < -0.3 is 10.1 Å². The summed E-state index contributed by atoms with van der Waals surface area (Å²) in [7, 11) is 0. The van der Waals surface area contributed by atoms with Gasteiger partial charge in [-0.1, -0.05) is 0 Å². The first-order valence-electron chi connectivity index (χ1n) is 7.35. The maximum atomic E-state index is 12.1. The van der Waals surface area contributed by atoms with Gasteiger partial charge in [0, 0.05) is 13.2 Å². The van der Waals surface area contributed by atoms with Gasteiger partial charge in [0.1, 0.15) is 17.4 Å². The number of amides is 1. The lowest BCUT2D eigenvalue weighted by atomic mass is 10.2. The lowest BCUT2D eigenvalue weighted by Crippen LogP contribution is -2.33. The topological polar surface area (TPSA) is 99.3 Å². The van der Waals surface area contributed by atoms with Crippen molar-refractivity contribution in [2.45, 2.75) is 53.2 Å². The summed E-state index contributed by atoms with van der Waals surface area (Å²) in [6, 6.07) is -0.599. The fourth-order valence-electron chi connectivity index (χ4n) is 2.16. The van der Waals surface area contributed by atoms with Crippen LogP contribution in [-0.2, 0) is 9.53 Å². The fraction of sp³-hybridized carbons (Fsp3) is 0.714. The first-order chi connectivity index (χ1) is 10.3. The number of carbonyl (C=O) groups is 1. The van der Waals surface area contributed by atoms with Gasteiger partial charge in [0.2, 0.25) is 5.91 Å². The van der Waals surface area contributed by atoms with Crippen LogP contribution < -0.4 is 5.32 Å². The van der Waals surface area contributed by atoms with E-state index in [2.05, 4.69) is 10.4 Å². The van der Waals surface area contributed by atoms with E-state index in [1.807, 2.05) is 13.8 Å². The van der Waals surface area contributed by atoms with Crippen molar-refractivity contribution in [2.24, 2.45) is 0 Å². The molecule has 0 saturated carbocycles. The Labute approximate surface area is 130 Å². The minimum Gasteiger partial charge on any atom is -0.379 e. The lowest BCUT2D eigenvalue weighted by molar-refractivity contribution is -0.386. The summed E-state index contributed by atoms with van der Waals surface area (Å²) in [5.41, 5.74) is 0.658. The van der Waals surface area contributed by atoms with Gasteiger partial charge in [-0.3, -0.25) is 19.6 Å². The number of rotatable bonds is 8. The summed E-state index contributed by atoms with van der Waals surface area (Å²) in [6.45, 7) is 9.82. The van der Waals surface area contributed by atoms with Gasteiger partial charge in [-0.2, -0.15) is 5.10 Å². The molecule has 1 rings (SSSR count). The standard InChI is InChI=1S/C14H24N4O4/c1-9(2)22-8-6-7-15-14(19)12(5)17-11(4)13(18(20)21)10(3)16-17/h9,12H,6-8H2,1-5H3,(H,15,19). The Morgan fingerprint density at radius 2 is 2.05 bits per heavy atom. The van der Waals surface area contributed by atoms with Crippen LogP contribution in [-0.4, -0.2) is 39.9 Å². The van der Waals surface area contributed by atoms with E-state index >= 15 is 0 Å². The number of nitrogens with zero attached hydrogens (tertiary/aromatic N) is 3. The number of nitro groups is 1. The van der Waals surface area contributed by atoms with Crippen LogP contribution in [0.1, 0.15) is 44.6 Å². The molecule has 1 heterocycles. The molecule has 0 aromatic carbocycles. The molecule has 1 N–H and O–H groups in total. The smallest absolute Gasteiger partial charge is 0.312 e. The minimum absolute atomic E-state index is 0.0371. The number of ether oxygens (including phenoxy) is 1. The van der Waals surface area contributed by atoms with Crippen LogP contribution >= 0.6 is 0 Å². The van der Waals surface area contributed by atoms with Gasteiger partial charge in [-0.05, 0) is 41.0 Å². The van der Waals surface area contributed by atoms with Gasteiger partial charge in [0.15, 0.2) is 0 Å². The van der Waals surface area contributed by atoms with Crippen molar-refractivity contribution < 1.29 is 14.5 Å². The zero-order chi connectivity index (χ0) is 16.9. The van der Waals surface area contributed by atoms with Gasteiger partial charge >= 0.3 is 5.69 Å². The lowest BCUT2D eigenvalue weighted by Gasteiger charge is -2.14. The van der Waals surface area contributed by atoms with Crippen LogP contribution in [0.4, 0.5) is 5.69 Å². The Hall–Kier alpha value is -1.96. The van der Waals surface area contributed by atoms with E-state index in [1.54, 1.807) is 20.8 Å². The third-order valence-electron chi connectivity index (χ3n) is 3.29. The molecule has 0 bridgehead atoms. The second kappa shape index (κ2) is 7.88. The molecule has 0 aliphatic carbocycles. The molecule has 22 heavy (non-hydrogen) atoms. The summed E-state index contributed by atoms with van der Waals surface area (Å²) in [5, 5.41) is 17.9. The quantitative estimate of drug-likeness (QED) is 0.449. The van der Waals surface area contributed by atoms with Crippen molar-refractivity contribution in [2.75, 3.05) is 13.2 Å². The maximum Gasteiger partial charge on any atom is 0.312 e. The number of nitrogens with one attached hydrogen (secondary N) is 1. The van der Waals surface area contributed by atoms with Crippen LogP contribution in [0.2, 0.25) is 0 Å². The predicted octanol–water partition coefficient (Wildman–Crippen LogP) is 1.90. The van der Waals surface area contributed by atoms with Crippen LogP contribution in [0.3, 0.4) is 0 Å². The monoisotopic (exact) mass is 312 g/mol. The molecule has 1 unspecified atom stereocenters. The minimum atomic E-state index is -0.599. The Morgan fingerprint density at radius 3 is 2.55 bits per heavy atom. The first kappa shape index (κ1) is 18.1. The SMILES string of the molecule is Cc1nn(C(C)C(=O)NCCCOC(C)C)c(C)c1[N+](=O)[O-]. The third kappa shape index (κ3) is 4.52. The van der Waals surface area contributed by atoms with E-state index in [0.717, 1.165) is 0 Å². The van der Waals surface area contributed by atoms with E-state index in [-0.39, 0.29) is 17.7 Å². The van der Waals surface area contributed by atoms with Crippen molar-refractivity contribution in [1.29, 1.82) is 0 Å². The van der Waals surface area contributed by atoms with Crippen LogP contribution in [0, 0.1) is 24.0 Å². The fourth-order valence-corrected chi connectivity index (χ4v) is 2.16. The van der Waals surface area contributed by atoms with E-state index in [0.29, 0.717) is 31.0 Å². The maximum absolute atomic E-state index is 12.1. The highest BCUT2D eigenvalue weighted by atomic mass is 16.6. The van der Waals surface area contributed by atoms with Crippen LogP contribution in [0.25, 0.3) is 0 Å². The summed E-state index contributed by atoms with van der Waals surface area (Å²) in [6.07, 6.45) is 0.887. The molecule has 1 amide bonds. The third-order valence-corrected chi connectivity index (χ3v) is 3.29. The molecular formula is C14H24N4O4. The number of hydrogen-bond donors (Lipinski definition) is 1. The molecule has 0 saturated heterocycles. The highest BCUT2D eigenvalue weighted by Gasteiger charge is 2.26. The summed E-state index contributed by atoms with van der Waals surface area (Å²) in [5.74, 6) is -0.218. The van der Waals surface area contributed by atoms with Crippen LogP contribution in [0.15, 0.2) is 0 Å². The van der Waals surface area contributed by atoms with Gasteiger partial charge in [0.05, 0.1) is 11.0 Å². The molecule has 0 fully saturated rings. The van der Waals surface area contributed by atoms with Crippen molar-refractivity contribution in [3.63, 3.8) is 0 Å². The van der Waals surface area contributed by atoms with Gasteiger partial charge in [-0.25, -0.2) is 0 Å². The molecule has 8 heteroatoms. The Kier molecular flexibility index (Phi) is 6.48. The van der Waals surface area contributed by atoms with Gasteiger partial charge in [0.25, 0.3) is 0 Å². The molecule has 124 valence electrons. The largest absolute Gasteiger partial charge is 0.379 e. The molecule has 0 radical (unpaired) electrons. The van der Waals surface area contributed by atoms with Crippen molar-refractivity contribution >= 4 is 11.6 Å². The normalized spacial score (nSPS) is 12.5. The molecule has 0 aliphatic rings. The average molecular weight is 312 g/mol. The van der Waals surface area contributed by atoms with Crippen molar-refractivity contribution in [3.05, 3.63) is 21.5 Å². The van der Waals surface area contributed by atoms with E-state index in [9.17, 15) is 14.9 Å². The number of carbonyl (C=O) groups excluding carboxylic acids is 1. The van der Waals surface area contributed by atoms with E-state index in [4.69, 9.17) is 4.74 Å². The predicted molar refractivity (Wildman–Crippen MR) is 81.8 cm³/mol. The molecule has 1 aromatic heterocycles. The Bertz CT molecular complexity index is 539. The number of hydrogen-bond acceptors (Lipinski definition) is 5. The second-order valence-electron chi connectivity index (χ2n) is 5.46. The van der Waals surface area contributed by atoms with Crippen molar-refractivity contribution in [3.8, 4) is 0 Å². The highest BCUT2D eigenvalue weighted by molar-refractivity contribution is 5.80. The zero-order valence-corrected chi connectivity index (χ0v) is 13.8. The molecule has 8 nitrogen and oxygen atoms in total. The highest BCUT2D eigenvalue weighted by Crippen LogP contribution is 2.24. The average Bonchev–Trinajstić information content (AvgIpc) is 2.72. The molecule has 0 spiro atoms. The summed E-state index contributed by atoms with van der Waals surface area (Å²) < 4.78 is 6.79. The van der Waals surface area contributed by atoms with Crippen molar-refractivity contribution in [1.82, 2.24) is 15.1 Å². The number of aryl methyl sites for hydroxylation is 1. The second-order valence-corrected chi connectivity index (χ2v) is 5.46. The zero-order valence-electron chi connectivity index (χ0n) is 13.8. The summed E-state index contributed by atoms with van der Waals surface area (Å²) in [4.78, 5) is 22.6. The van der Waals surface area contributed by atoms with Gasteiger partial charge in [-0.15, -0.1) is 0 Å². The Balaban J connectivity index is 2.60. The van der Waals surface area contributed by atoms with E-state index < -0.39 is 11.0 Å². The molecule has 1 aromatic rings. The van der Waals surface area contributed by atoms with E-state index in [1.165, 1.54) is 4.68 Å². The molecule has 0 aliphatic heterocycles. The van der Waals surface area contributed by atoms with Crippen LogP contribution in [0.5, 0.6) is 0 Å². The molecule has 1 atom stereocenters.